The zero-order chi connectivity index (χ0) is 21.0. The summed E-state index contributed by atoms with van der Waals surface area (Å²) in [5, 5.41) is 10.9. The molecule has 1 amide bonds. The molecule has 0 saturated carbocycles. The zero-order valence-electron chi connectivity index (χ0n) is 16.8. The van der Waals surface area contributed by atoms with Crippen molar-refractivity contribution in [1.29, 1.82) is 0 Å². The van der Waals surface area contributed by atoms with E-state index in [1.165, 1.54) is 17.0 Å². The average molecular weight is 395 g/mol. The first kappa shape index (κ1) is 20.8. The van der Waals surface area contributed by atoms with Gasteiger partial charge in [-0.3, -0.25) is 9.59 Å². The Bertz CT molecular complexity index is 916. The minimum Gasteiger partial charge on any atom is -0.507 e. The summed E-state index contributed by atoms with van der Waals surface area (Å²) >= 11 is 0. The van der Waals surface area contributed by atoms with Crippen LogP contribution in [-0.2, 0) is 9.59 Å². The van der Waals surface area contributed by atoms with Gasteiger partial charge in [-0.15, -0.1) is 0 Å². The molecule has 152 valence electrons. The normalized spacial score (nSPS) is 18.4. The molecule has 1 saturated heterocycles. The lowest BCUT2D eigenvalue weighted by atomic mass is 9.95. The highest BCUT2D eigenvalue weighted by Gasteiger charge is 2.45. The van der Waals surface area contributed by atoms with Crippen LogP contribution >= 0.6 is 0 Å². The van der Waals surface area contributed by atoms with Crippen LogP contribution < -0.4 is 0 Å². The SMILES string of the molecule is CCCCCCN1C(=O)C(=O)/C(=C(/O)c2ccc(C)cc2)C1c1ccc(F)cc1. The van der Waals surface area contributed by atoms with Gasteiger partial charge >= 0.3 is 0 Å². The van der Waals surface area contributed by atoms with Gasteiger partial charge in [-0.1, -0.05) is 68.1 Å². The molecule has 1 heterocycles. The Kier molecular flexibility index (Phi) is 6.47. The predicted octanol–water partition coefficient (Wildman–Crippen LogP) is 5.14. The van der Waals surface area contributed by atoms with Crippen LogP contribution in [0, 0.1) is 12.7 Å². The summed E-state index contributed by atoms with van der Waals surface area (Å²) in [6.45, 7) is 4.45. The summed E-state index contributed by atoms with van der Waals surface area (Å²) in [6.07, 6.45) is 3.83. The van der Waals surface area contributed by atoms with Gasteiger partial charge in [0.05, 0.1) is 11.6 Å². The van der Waals surface area contributed by atoms with E-state index in [9.17, 15) is 19.1 Å². The van der Waals surface area contributed by atoms with Crippen molar-refractivity contribution in [2.24, 2.45) is 0 Å². The van der Waals surface area contributed by atoms with E-state index in [1.807, 2.05) is 19.1 Å². The van der Waals surface area contributed by atoms with Crippen molar-refractivity contribution in [3.63, 3.8) is 0 Å². The molecule has 1 N–H and O–H groups in total. The molecule has 0 bridgehead atoms. The number of benzene rings is 2. The fourth-order valence-corrected chi connectivity index (χ4v) is 3.68. The summed E-state index contributed by atoms with van der Waals surface area (Å²) in [5.74, 6) is -1.92. The van der Waals surface area contributed by atoms with E-state index in [2.05, 4.69) is 6.92 Å². The van der Waals surface area contributed by atoms with E-state index in [1.54, 1.807) is 24.3 Å². The number of hydrogen-bond acceptors (Lipinski definition) is 3. The molecule has 0 aliphatic carbocycles. The largest absolute Gasteiger partial charge is 0.507 e. The Hall–Kier alpha value is -2.95. The average Bonchev–Trinajstić information content (AvgIpc) is 2.96. The lowest BCUT2D eigenvalue weighted by molar-refractivity contribution is -0.139. The minimum absolute atomic E-state index is 0.0564. The summed E-state index contributed by atoms with van der Waals surface area (Å²) in [6, 6.07) is 12.1. The fourth-order valence-electron chi connectivity index (χ4n) is 3.68. The van der Waals surface area contributed by atoms with Gasteiger partial charge in [0, 0.05) is 12.1 Å². The molecule has 1 fully saturated rings. The quantitative estimate of drug-likeness (QED) is 0.306. The highest BCUT2D eigenvalue weighted by molar-refractivity contribution is 6.46. The van der Waals surface area contributed by atoms with Crippen LogP contribution in [0.2, 0.25) is 0 Å². The third-order valence-electron chi connectivity index (χ3n) is 5.30. The number of aliphatic hydroxyl groups is 1. The van der Waals surface area contributed by atoms with Gasteiger partial charge in [-0.2, -0.15) is 0 Å². The number of aliphatic hydroxyl groups excluding tert-OH is 1. The third-order valence-corrected chi connectivity index (χ3v) is 5.30. The number of ketones is 1. The van der Waals surface area contributed by atoms with Crippen molar-refractivity contribution in [3.8, 4) is 0 Å². The molecule has 5 heteroatoms. The number of likely N-dealkylation sites (tertiary alicyclic amines) is 1. The highest BCUT2D eigenvalue weighted by Crippen LogP contribution is 2.39. The van der Waals surface area contributed by atoms with Crippen LogP contribution in [0.3, 0.4) is 0 Å². The first-order valence-electron chi connectivity index (χ1n) is 10.0. The monoisotopic (exact) mass is 395 g/mol. The van der Waals surface area contributed by atoms with Crippen molar-refractivity contribution >= 4 is 17.4 Å². The maximum atomic E-state index is 13.5. The number of rotatable bonds is 7. The van der Waals surface area contributed by atoms with Crippen LogP contribution in [0.1, 0.15) is 55.3 Å². The van der Waals surface area contributed by atoms with Gasteiger partial charge in [0.15, 0.2) is 0 Å². The highest BCUT2D eigenvalue weighted by atomic mass is 19.1. The number of hydrogen-bond donors (Lipinski definition) is 1. The molecule has 1 atom stereocenters. The van der Waals surface area contributed by atoms with Crippen molar-refractivity contribution in [3.05, 3.63) is 76.6 Å². The lowest BCUT2D eigenvalue weighted by Crippen LogP contribution is -2.30. The molecule has 1 unspecified atom stereocenters. The molecule has 4 nitrogen and oxygen atoms in total. The van der Waals surface area contributed by atoms with Gasteiger partial charge < -0.3 is 10.0 Å². The van der Waals surface area contributed by atoms with E-state index < -0.39 is 23.5 Å². The zero-order valence-corrected chi connectivity index (χ0v) is 16.8. The molecular formula is C24H26FNO3. The molecule has 1 aliphatic heterocycles. The topological polar surface area (TPSA) is 57.6 Å². The minimum atomic E-state index is -0.724. The Morgan fingerprint density at radius 3 is 2.28 bits per heavy atom. The molecule has 0 spiro atoms. The van der Waals surface area contributed by atoms with E-state index in [0.29, 0.717) is 17.7 Å². The molecule has 0 aromatic heterocycles. The Labute approximate surface area is 170 Å². The van der Waals surface area contributed by atoms with Crippen molar-refractivity contribution in [2.45, 2.75) is 45.6 Å². The maximum Gasteiger partial charge on any atom is 0.295 e. The Balaban J connectivity index is 2.05. The van der Waals surface area contributed by atoms with E-state index in [4.69, 9.17) is 0 Å². The van der Waals surface area contributed by atoms with Crippen molar-refractivity contribution < 1.29 is 19.1 Å². The maximum absolute atomic E-state index is 13.5. The number of amides is 1. The molecule has 29 heavy (non-hydrogen) atoms. The Morgan fingerprint density at radius 1 is 1.00 bits per heavy atom. The number of nitrogens with zero attached hydrogens (tertiary/aromatic N) is 1. The predicted molar refractivity (Wildman–Crippen MR) is 111 cm³/mol. The van der Waals surface area contributed by atoms with Crippen LogP contribution in [0.4, 0.5) is 4.39 Å². The summed E-state index contributed by atoms with van der Waals surface area (Å²) in [5.41, 5.74) is 2.16. The number of carbonyl (C=O) groups excluding carboxylic acids is 2. The number of Topliss-reactive ketones (excluding diaryl/α,β-unsaturated/α-hetero) is 1. The smallest absolute Gasteiger partial charge is 0.295 e. The van der Waals surface area contributed by atoms with Crippen LogP contribution in [-0.4, -0.2) is 28.2 Å². The third kappa shape index (κ3) is 4.39. The molecule has 1 aliphatic rings. The van der Waals surface area contributed by atoms with E-state index >= 15 is 0 Å². The second-order valence-electron chi connectivity index (χ2n) is 7.47. The second kappa shape index (κ2) is 9.03. The van der Waals surface area contributed by atoms with Crippen LogP contribution in [0.25, 0.3) is 5.76 Å². The summed E-state index contributed by atoms with van der Waals surface area (Å²) < 4.78 is 13.5. The van der Waals surface area contributed by atoms with E-state index in [0.717, 1.165) is 31.2 Å². The first-order valence-corrected chi connectivity index (χ1v) is 10.0. The van der Waals surface area contributed by atoms with Crippen LogP contribution in [0.5, 0.6) is 0 Å². The van der Waals surface area contributed by atoms with Crippen molar-refractivity contribution in [2.75, 3.05) is 6.54 Å². The first-order chi connectivity index (χ1) is 13.9. The molecular weight excluding hydrogens is 369 g/mol. The summed E-state index contributed by atoms with van der Waals surface area (Å²) in [4.78, 5) is 27.1. The van der Waals surface area contributed by atoms with Gasteiger partial charge in [-0.25, -0.2) is 4.39 Å². The van der Waals surface area contributed by atoms with Gasteiger partial charge in [0.1, 0.15) is 11.6 Å². The summed E-state index contributed by atoms with van der Waals surface area (Å²) in [7, 11) is 0. The fraction of sp³-hybridized carbons (Fsp3) is 0.333. The van der Waals surface area contributed by atoms with Crippen molar-refractivity contribution in [1.82, 2.24) is 4.90 Å². The molecule has 2 aromatic carbocycles. The molecule has 3 rings (SSSR count). The molecule has 0 radical (unpaired) electrons. The standard InChI is InChI=1S/C24H26FNO3/c1-3-4-5-6-15-26-21(17-11-13-19(25)14-12-17)20(23(28)24(26)29)22(27)18-9-7-16(2)8-10-18/h7-14,21,27H,3-6,15H2,1-2H3/b22-20+. The van der Waals surface area contributed by atoms with Gasteiger partial charge in [-0.05, 0) is 31.0 Å². The number of aryl methyl sites for hydroxylation is 1. The lowest BCUT2D eigenvalue weighted by Gasteiger charge is -2.25. The Morgan fingerprint density at radius 2 is 1.66 bits per heavy atom. The van der Waals surface area contributed by atoms with Gasteiger partial charge in [0.25, 0.3) is 11.7 Å². The second-order valence-corrected chi connectivity index (χ2v) is 7.47. The van der Waals surface area contributed by atoms with Gasteiger partial charge in [0.2, 0.25) is 0 Å². The molecule has 2 aromatic rings. The number of carbonyl (C=O) groups is 2. The number of unbranched alkanes of at least 4 members (excludes halogenated alkanes) is 3. The number of halogens is 1. The van der Waals surface area contributed by atoms with Crippen LogP contribution in [0.15, 0.2) is 54.1 Å². The van der Waals surface area contributed by atoms with E-state index in [-0.39, 0.29) is 11.3 Å².